The van der Waals surface area contributed by atoms with Crippen LogP contribution in [0.2, 0.25) is 10.4 Å². The Kier molecular flexibility index (Phi) is 4.56. The minimum atomic E-state index is 0.178. The molecule has 1 aromatic heterocycles. The molecule has 0 atom stereocenters. The molecule has 0 aliphatic carbocycles. The highest BCUT2D eigenvalue weighted by Gasteiger charge is 2.19. The van der Waals surface area contributed by atoms with Crippen molar-refractivity contribution < 1.29 is 5.11 Å². The maximum Gasteiger partial charge on any atom is 0.223 e. The maximum atomic E-state index is 9.07. The Morgan fingerprint density at radius 1 is 1.35 bits per heavy atom. The SMILES string of the molecule is OCC1CCN(Cc2cnc(Cl)nc2Cl)CC1. The van der Waals surface area contributed by atoms with Crippen molar-refractivity contribution in [2.75, 3.05) is 19.7 Å². The maximum absolute atomic E-state index is 9.07. The van der Waals surface area contributed by atoms with E-state index in [2.05, 4.69) is 14.9 Å². The third-order valence-electron chi connectivity index (χ3n) is 3.14. The van der Waals surface area contributed by atoms with Crippen LogP contribution in [0.15, 0.2) is 6.20 Å². The summed E-state index contributed by atoms with van der Waals surface area (Å²) in [4.78, 5) is 10.2. The van der Waals surface area contributed by atoms with Gasteiger partial charge in [-0.15, -0.1) is 0 Å². The zero-order chi connectivity index (χ0) is 12.3. The highest BCUT2D eigenvalue weighted by molar-refractivity contribution is 6.32. The van der Waals surface area contributed by atoms with Gasteiger partial charge in [-0.25, -0.2) is 9.97 Å². The summed E-state index contributed by atoms with van der Waals surface area (Å²) in [5, 5.41) is 9.67. The number of aromatic nitrogens is 2. The van der Waals surface area contributed by atoms with Crippen molar-refractivity contribution in [2.24, 2.45) is 5.92 Å². The fourth-order valence-corrected chi connectivity index (χ4v) is 2.41. The molecule has 0 unspecified atom stereocenters. The molecule has 2 rings (SSSR count). The number of aliphatic hydroxyl groups excluding tert-OH is 1. The summed E-state index contributed by atoms with van der Waals surface area (Å²) in [5.74, 6) is 0.447. The van der Waals surface area contributed by atoms with Crippen LogP contribution in [-0.4, -0.2) is 39.7 Å². The lowest BCUT2D eigenvalue weighted by molar-refractivity contribution is 0.127. The van der Waals surface area contributed by atoms with Crippen LogP contribution in [-0.2, 0) is 6.54 Å². The van der Waals surface area contributed by atoms with E-state index in [0.29, 0.717) is 17.7 Å². The fraction of sp³-hybridized carbons (Fsp3) is 0.636. The summed E-state index contributed by atoms with van der Waals surface area (Å²) in [6, 6.07) is 0. The second kappa shape index (κ2) is 5.96. The lowest BCUT2D eigenvalue weighted by atomic mass is 9.98. The summed E-state index contributed by atoms with van der Waals surface area (Å²) in [6.45, 7) is 2.99. The molecular weight excluding hydrogens is 261 g/mol. The van der Waals surface area contributed by atoms with Crippen molar-refractivity contribution in [3.05, 3.63) is 22.2 Å². The molecule has 1 aliphatic rings. The summed E-state index contributed by atoms with van der Waals surface area (Å²) in [5.41, 5.74) is 0.901. The van der Waals surface area contributed by atoms with E-state index < -0.39 is 0 Å². The van der Waals surface area contributed by atoms with Crippen molar-refractivity contribution in [1.29, 1.82) is 0 Å². The van der Waals surface area contributed by atoms with Crippen LogP contribution < -0.4 is 0 Å². The predicted octanol–water partition coefficient (Wildman–Crippen LogP) is 1.99. The van der Waals surface area contributed by atoms with E-state index in [4.69, 9.17) is 28.3 Å². The zero-order valence-corrected chi connectivity index (χ0v) is 11.0. The first kappa shape index (κ1) is 13.0. The van der Waals surface area contributed by atoms with Crippen LogP contribution in [0.1, 0.15) is 18.4 Å². The Hall–Kier alpha value is -0.420. The molecule has 17 heavy (non-hydrogen) atoms. The average molecular weight is 276 g/mol. The summed E-state index contributed by atoms with van der Waals surface area (Å²) in [7, 11) is 0. The van der Waals surface area contributed by atoms with Gasteiger partial charge in [0.25, 0.3) is 0 Å². The highest BCUT2D eigenvalue weighted by atomic mass is 35.5. The number of piperidine rings is 1. The Morgan fingerprint density at radius 2 is 2.06 bits per heavy atom. The van der Waals surface area contributed by atoms with Crippen molar-refractivity contribution in [3.63, 3.8) is 0 Å². The molecule has 0 spiro atoms. The molecule has 1 aliphatic heterocycles. The van der Waals surface area contributed by atoms with Crippen molar-refractivity contribution in [3.8, 4) is 0 Å². The minimum Gasteiger partial charge on any atom is -0.396 e. The van der Waals surface area contributed by atoms with E-state index in [1.54, 1.807) is 6.20 Å². The van der Waals surface area contributed by atoms with E-state index in [9.17, 15) is 0 Å². The fourth-order valence-electron chi connectivity index (χ4n) is 2.04. The topological polar surface area (TPSA) is 49.2 Å². The Labute approximate surface area is 111 Å². The highest BCUT2D eigenvalue weighted by Crippen LogP contribution is 2.21. The second-order valence-electron chi connectivity index (χ2n) is 4.36. The standard InChI is InChI=1S/C11H15Cl2N3O/c12-10-9(5-14-11(13)15-10)6-16-3-1-8(7-17)2-4-16/h5,8,17H,1-4,6-7H2. The van der Waals surface area contributed by atoms with Crippen LogP contribution in [0, 0.1) is 5.92 Å². The van der Waals surface area contributed by atoms with Crippen LogP contribution >= 0.6 is 23.2 Å². The van der Waals surface area contributed by atoms with Crippen LogP contribution in [0.3, 0.4) is 0 Å². The van der Waals surface area contributed by atoms with Gasteiger partial charge in [-0.1, -0.05) is 11.6 Å². The number of nitrogens with zero attached hydrogens (tertiary/aromatic N) is 3. The number of rotatable bonds is 3. The van der Waals surface area contributed by atoms with Gasteiger partial charge in [-0.05, 0) is 43.5 Å². The van der Waals surface area contributed by atoms with Gasteiger partial charge in [0, 0.05) is 24.9 Å². The molecule has 0 amide bonds. The van der Waals surface area contributed by atoms with Gasteiger partial charge in [0.05, 0.1) is 0 Å². The number of likely N-dealkylation sites (tertiary alicyclic amines) is 1. The molecule has 1 aromatic rings. The Morgan fingerprint density at radius 3 is 2.65 bits per heavy atom. The third kappa shape index (κ3) is 3.52. The number of halogens is 2. The molecule has 94 valence electrons. The normalized spacial score (nSPS) is 18.5. The summed E-state index contributed by atoms with van der Waals surface area (Å²) < 4.78 is 0. The van der Waals surface area contributed by atoms with Crippen LogP contribution in [0.4, 0.5) is 0 Å². The van der Waals surface area contributed by atoms with E-state index in [1.807, 2.05) is 0 Å². The minimum absolute atomic E-state index is 0.178. The monoisotopic (exact) mass is 275 g/mol. The zero-order valence-electron chi connectivity index (χ0n) is 9.44. The molecule has 0 aromatic carbocycles. The van der Waals surface area contributed by atoms with E-state index in [-0.39, 0.29) is 5.28 Å². The molecule has 0 saturated carbocycles. The lowest BCUT2D eigenvalue weighted by Crippen LogP contribution is -2.34. The molecule has 2 heterocycles. The third-order valence-corrected chi connectivity index (χ3v) is 3.65. The molecule has 1 fully saturated rings. The molecule has 1 saturated heterocycles. The largest absolute Gasteiger partial charge is 0.396 e. The number of aliphatic hydroxyl groups is 1. The van der Waals surface area contributed by atoms with E-state index in [0.717, 1.165) is 38.0 Å². The summed E-state index contributed by atoms with van der Waals surface area (Å²) in [6.07, 6.45) is 3.74. The lowest BCUT2D eigenvalue weighted by Gasteiger charge is -2.30. The van der Waals surface area contributed by atoms with Gasteiger partial charge in [-0.3, -0.25) is 4.90 Å². The Balaban J connectivity index is 1.93. The van der Waals surface area contributed by atoms with Crippen molar-refractivity contribution >= 4 is 23.2 Å². The smallest absolute Gasteiger partial charge is 0.223 e. The van der Waals surface area contributed by atoms with Gasteiger partial charge < -0.3 is 5.11 Å². The van der Waals surface area contributed by atoms with Gasteiger partial charge in [0.1, 0.15) is 5.15 Å². The molecule has 4 nitrogen and oxygen atoms in total. The van der Waals surface area contributed by atoms with Gasteiger partial charge in [0.2, 0.25) is 5.28 Å². The van der Waals surface area contributed by atoms with Gasteiger partial charge in [-0.2, -0.15) is 0 Å². The van der Waals surface area contributed by atoms with E-state index in [1.165, 1.54) is 0 Å². The van der Waals surface area contributed by atoms with Gasteiger partial charge >= 0.3 is 0 Å². The molecule has 6 heteroatoms. The second-order valence-corrected chi connectivity index (χ2v) is 5.05. The molecule has 0 bridgehead atoms. The summed E-state index contributed by atoms with van der Waals surface area (Å²) >= 11 is 11.7. The molecule has 0 radical (unpaired) electrons. The Bertz CT molecular complexity index is 381. The first-order valence-electron chi connectivity index (χ1n) is 5.69. The predicted molar refractivity (Wildman–Crippen MR) is 67.1 cm³/mol. The number of hydrogen-bond acceptors (Lipinski definition) is 4. The first-order valence-corrected chi connectivity index (χ1v) is 6.44. The van der Waals surface area contributed by atoms with Gasteiger partial charge in [0.15, 0.2) is 0 Å². The molecular formula is C11H15Cl2N3O. The quantitative estimate of drug-likeness (QED) is 0.677. The van der Waals surface area contributed by atoms with Crippen LogP contribution in [0.5, 0.6) is 0 Å². The number of hydrogen-bond donors (Lipinski definition) is 1. The van der Waals surface area contributed by atoms with E-state index >= 15 is 0 Å². The van der Waals surface area contributed by atoms with Crippen molar-refractivity contribution in [1.82, 2.24) is 14.9 Å². The van der Waals surface area contributed by atoms with Crippen LogP contribution in [0.25, 0.3) is 0 Å². The molecule has 1 N–H and O–H groups in total. The van der Waals surface area contributed by atoms with Crippen molar-refractivity contribution in [2.45, 2.75) is 19.4 Å². The average Bonchev–Trinajstić information content (AvgIpc) is 2.34. The first-order chi connectivity index (χ1) is 8.19.